The van der Waals surface area contributed by atoms with Crippen molar-refractivity contribution in [3.05, 3.63) is 136 Å². The third-order valence-corrected chi connectivity index (χ3v) is 21.6. The third kappa shape index (κ3) is 16.4. The lowest BCUT2D eigenvalue weighted by molar-refractivity contribution is -0.690. The molecule has 0 radical (unpaired) electrons. The number of nitrogens with one attached hydrogen (secondary N) is 3. The van der Waals surface area contributed by atoms with E-state index in [1.54, 1.807) is 39.7 Å². The van der Waals surface area contributed by atoms with Crippen LogP contribution < -0.4 is 34.9 Å². The van der Waals surface area contributed by atoms with Crippen molar-refractivity contribution in [2.45, 2.75) is 161 Å². The minimum absolute atomic E-state index is 0.0412. The van der Waals surface area contributed by atoms with Crippen LogP contribution in [0.4, 0.5) is 22.1 Å². The quantitative estimate of drug-likeness (QED) is 0.0737. The van der Waals surface area contributed by atoms with Crippen LogP contribution >= 0.6 is 0 Å². The van der Waals surface area contributed by atoms with Crippen LogP contribution in [-0.2, 0) is 41.4 Å². The molecule has 1 saturated carbocycles. The molecule has 5 saturated heterocycles. The topological polar surface area (TPSA) is 319 Å². The number of hydrogen-bond donors (Lipinski definition) is 4. The molecule has 7 atom stereocenters. The number of rotatable bonds is 15. The van der Waals surface area contributed by atoms with E-state index in [9.17, 15) is 36.0 Å². The number of hydrogen-bond acceptors (Lipinski definition) is 18. The molecule has 5 aliphatic heterocycles. The Morgan fingerprint density at radius 2 is 1.16 bits per heavy atom. The zero-order valence-corrected chi connectivity index (χ0v) is 61.2. The number of likely N-dealkylation sites (tertiary alicyclic amines) is 3. The second kappa shape index (κ2) is 30.0. The number of ether oxygens (including phenoxy) is 1. The predicted octanol–water partition coefficient (Wildman–Crippen LogP) is 7.21. The van der Waals surface area contributed by atoms with Gasteiger partial charge in [-0.3, -0.25) is 19.1 Å². The molecule has 6 aliphatic rings. The maximum Gasteiger partial charge on any atom is 0.407 e. The molecule has 6 aromatic heterocycles. The first-order valence-electron chi connectivity index (χ1n) is 35.3. The number of nitrogens with zero attached hydrogens (tertiary/aromatic N) is 15. The zero-order chi connectivity index (χ0) is 71.8. The van der Waals surface area contributed by atoms with Crippen molar-refractivity contribution < 1.29 is 45.3 Å². The Morgan fingerprint density at radius 3 is 1.69 bits per heavy atom. The minimum Gasteiger partial charge on any atom is -0.453 e. The molecule has 540 valence electrons. The summed E-state index contributed by atoms with van der Waals surface area (Å²) in [4.78, 5) is 77.4. The molecule has 28 nitrogen and oxygen atoms in total. The van der Waals surface area contributed by atoms with Crippen molar-refractivity contribution in [2.75, 3.05) is 80.0 Å². The van der Waals surface area contributed by atoms with Gasteiger partial charge >= 0.3 is 6.09 Å². The Morgan fingerprint density at radius 1 is 0.614 bits per heavy atom. The van der Waals surface area contributed by atoms with E-state index in [0.29, 0.717) is 42.4 Å². The third-order valence-electron chi connectivity index (χ3n) is 20.3. The molecule has 0 bridgehead atoms. The summed E-state index contributed by atoms with van der Waals surface area (Å²) in [5, 5.41) is 17.2. The van der Waals surface area contributed by atoms with Gasteiger partial charge < -0.3 is 40.3 Å². The fourth-order valence-electron chi connectivity index (χ4n) is 14.8. The van der Waals surface area contributed by atoms with Crippen molar-refractivity contribution in [2.24, 2.45) is 24.6 Å². The zero-order valence-electron chi connectivity index (χ0n) is 59.5. The van der Waals surface area contributed by atoms with Crippen LogP contribution in [0.1, 0.15) is 176 Å². The highest BCUT2D eigenvalue weighted by Gasteiger charge is 2.43. The number of piperidine rings is 3. The monoisotopic (exact) mass is 1420 g/mol. The fraction of sp³-hybridized carbons (Fsp3) is 0.535. The number of aromatic nitrogens is 10. The van der Waals surface area contributed by atoms with Gasteiger partial charge in [0.05, 0.1) is 67.4 Å². The number of benzene rings is 2. The first kappa shape index (κ1) is 71.9. The highest BCUT2D eigenvalue weighted by Crippen LogP contribution is 2.40. The Hall–Kier alpha value is -8.87. The summed E-state index contributed by atoms with van der Waals surface area (Å²) < 4.78 is 65.2. The van der Waals surface area contributed by atoms with Crippen molar-refractivity contribution in [1.82, 2.24) is 68.5 Å². The normalized spacial score (nSPS) is 21.1. The highest BCUT2D eigenvalue weighted by molar-refractivity contribution is 7.92. The van der Waals surface area contributed by atoms with Crippen LogP contribution in [0.3, 0.4) is 0 Å². The fourth-order valence-corrected chi connectivity index (χ4v) is 16.1. The maximum absolute atomic E-state index is 13.8. The van der Waals surface area contributed by atoms with Gasteiger partial charge in [0.2, 0.25) is 43.5 Å². The maximum atomic E-state index is 13.8. The van der Waals surface area contributed by atoms with Gasteiger partial charge in [-0.05, 0) is 134 Å². The lowest BCUT2D eigenvalue weighted by Crippen LogP contribution is -2.52. The molecule has 2 aromatic carbocycles. The Kier molecular flexibility index (Phi) is 21.4. The van der Waals surface area contributed by atoms with Gasteiger partial charge in [-0.2, -0.15) is 14.9 Å². The molecule has 30 heteroatoms. The molecule has 8 aromatic rings. The predicted molar refractivity (Wildman–Crippen MR) is 383 cm³/mol. The summed E-state index contributed by atoms with van der Waals surface area (Å²) in [6.45, 7) is 17.7. The van der Waals surface area contributed by atoms with Gasteiger partial charge in [0.25, 0.3) is 11.6 Å². The van der Waals surface area contributed by atoms with Crippen molar-refractivity contribution in [3.63, 3.8) is 0 Å². The van der Waals surface area contributed by atoms with Crippen molar-refractivity contribution in [3.8, 4) is 0 Å². The molecule has 0 spiro atoms. The summed E-state index contributed by atoms with van der Waals surface area (Å²) >= 11 is 0. The standard InChI is InChI=1S/C26H34N6O3S.C23H33N7O3.C22H28N6O3S/c1-18-12-14-30(16-18)25-19(2)17-32-23(27-25)15-21(28-32)22-11-7-8-13-31(22)26(33)24(29-36(3,34)35)20-9-5-4-6-10-20;1-14-12-30-19(25-21(14)28-10-8-16(24)13-28)11-17(27-30)18-5-3-4-9-29(18)22(31)20(15-6-7-15)26-23(32)33-2;1-14-9-10-18(25-32(5,30)31)17(12-14)22(29)27-11-7-6-8-20(27)19-13-21-23-15(2)26(4)16(3)28(21)24-19/h4-6,9-10,15,17-18,22,24,29H,7-8,11-14,16H2,1-3H3;11-12,15-16,18,20H,3-10,13,24H2,1-2H3,(H,26,32);9-10,12-13,20H,6-8,11H2,1-5H3/p+1/t18-,22-,24?;16-,18-,20-;20-/m000/s1. The van der Waals surface area contributed by atoms with E-state index in [4.69, 9.17) is 35.7 Å². The molecule has 11 heterocycles. The van der Waals surface area contributed by atoms with E-state index < -0.39 is 38.2 Å². The summed E-state index contributed by atoms with van der Waals surface area (Å²) in [5.41, 5.74) is 15.1. The van der Waals surface area contributed by atoms with E-state index >= 15 is 0 Å². The second-order valence-electron chi connectivity index (χ2n) is 28.4. The number of methoxy groups -OCH3 is 1. The number of amides is 4. The lowest BCUT2D eigenvalue weighted by atomic mass is 9.97. The summed E-state index contributed by atoms with van der Waals surface area (Å²) in [7, 11) is -3.86. The first-order chi connectivity index (χ1) is 48.2. The molecule has 1 aliphatic carbocycles. The average molecular weight is 1420 g/mol. The Labute approximate surface area is 590 Å². The molecule has 6 fully saturated rings. The van der Waals surface area contributed by atoms with Gasteiger partial charge in [0, 0.05) is 107 Å². The van der Waals surface area contributed by atoms with Gasteiger partial charge in [-0.15, -0.1) is 9.61 Å². The molecule has 14 rings (SSSR count). The molecular weight excluding hydrogens is 1330 g/mol. The number of carbonyl (C=O) groups is 4. The van der Waals surface area contributed by atoms with E-state index in [1.807, 2.05) is 107 Å². The highest BCUT2D eigenvalue weighted by atomic mass is 32.2. The van der Waals surface area contributed by atoms with E-state index in [1.165, 1.54) is 13.5 Å². The van der Waals surface area contributed by atoms with E-state index in [0.717, 1.165) is 190 Å². The van der Waals surface area contributed by atoms with Crippen LogP contribution in [0.5, 0.6) is 0 Å². The van der Waals surface area contributed by atoms with Crippen molar-refractivity contribution in [1.29, 1.82) is 0 Å². The average Bonchev–Trinajstić information content (AvgIpc) is 1.67. The van der Waals surface area contributed by atoms with Gasteiger partial charge in [-0.25, -0.2) is 45.2 Å². The van der Waals surface area contributed by atoms with Crippen molar-refractivity contribution >= 4 is 78.1 Å². The summed E-state index contributed by atoms with van der Waals surface area (Å²) in [6, 6.07) is 18.2. The smallest absolute Gasteiger partial charge is 0.407 e. The van der Waals surface area contributed by atoms with Crippen LogP contribution in [0.2, 0.25) is 0 Å². The van der Waals surface area contributed by atoms with E-state index in [-0.39, 0.29) is 47.8 Å². The van der Waals surface area contributed by atoms with Crippen LogP contribution in [-0.4, -0.2) is 177 Å². The van der Waals surface area contributed by atoms with Crippen LogP contribution in [0.15, 0.2) is 79.1 Å². The van der Waals surface area contributed by atoms with Gasteiger partial charge in [0.1, 0.15) is 29.4 Å². The molecular formula is C71H96N19O9S2+. The number of anilines is 3. The number of alkyl carbamates (subject to hydrolysis) is 1. The number of carbonyl (C=O) groups excluding carboxylic acids is 4. The Bertz CT molecular complexity index is 4640. The number of nitrogens with two attached hydrogens (primary N) is 1. The Balaban J connectivity index is 0.000000144. The lowest BCUT2D eigenvalue weighted by Gasteiger charge is -2.37. The number of aryl methyl sites for hydroxylation is 5. The first-order valence-corrected chi connectivity index (χ1v) is 39.1. The summed E-state index contributed by atoms with van der Waals surface area (Å²) in [5.74, 6) is 4.12. The largest absolute Gasteiger partial charge is 0.453 e. The van der Waals surface area contributed by atoms with Crippen LogP contribution in [0, 0.1) is 46.5 Å². The van der Waals surface area contributed by atoms with Gasteiger partial charge in [-0.1, -0.05) is 53.9 Å². The van der Waals surface area contributed by atoms with E-state index in [2.05, 4.69) is 43.4 Å². The SMILES string of the molecule is COC(=O)N[C@H](C(=O)N1CCCC[C@H]1c1cc2nc(N3CC[C@H](N)C3)c(C)cn2n1)C1CC1.Cc1ccc(NS(C)(=O)=O)c(C(=O)N2CCCC[C@H]2c2cc3nc(C)[n+](C)c(C)n3n2)c1.Cc1cn2nc([C@@H]3CCCCN3C(=O)C(NS(C)(=O)=O)c3ccccc3)cc2nc1N1CC[C@H](C)C1. The molecule has 5 N–H and O–H groups in total. The molecule has 101 heavy (non-hydrogen) atoms. The van der Waals surface area contributed by atoms with Crippen LogP contribution in [0.25, 0.3) is 16.9 Å². The minimum atomic E-state index is -3.61. The van der Waals surface area contributed by atoms with Gasteiger partial charge in [0.15, 0.2) is 11.3 Å². The summed E-state index contributed by atoms with van der Waals surface area (Å²) in [6.07, 6.45) is 17.8. The molecule has 4 amide bonds. The molecule has 1 unspecified atom stereocenters. The second-order valence-corrected chi connectivity index (χ2v) is 31.9. The number of sulfonamides is 2. The number of fused-ring (bicyclic) bond motifs is 3.